The first-order valence-electron chi connectivity index (χ1n) is 9.26. The summed E-state index contributed by atoms with van der Waals surface area (Å²) in [6.45, 7) is -0.679. The van der Waals surface area contributed by atoms with E-state index < -0.39 is 16.7 Å². The fraction of sp³-hybridized carbons (Fsp3) is 0.316. The van der Waals surface area contributed by atoms with Gasteiger partial charge in [0.2, 0.25) is 22.4 Å². The summed E-state index contributed by atoms with van der Waals surface area (Å²) in [5.41, 5.74) is 2.41. The van der Waals surface area contributed by atoms with E-state index in [0.717, 1.165) is 30.2 Å². The van der Waals surface area contributed by atoms with E-state index in [1.807, 2.05) is 6.07 Å². The number of carbonyl (C=O) groups excluding carboxylic acids is 1. The molecule has 2 N–H and O–H groups in total. The molecule has 1 aliphatic rings. The molecule has 1 aliphatic carbocycles. The lowest BCUT2D eigenvalue weighted by Gasteiger charge is -2.16. The van der Waals surface area contributed by atoms with Gasteiger partial charge in [-0.25, -0.2) is 13.4 Å². The molecule has 0 radical (unpaired) electrons. The predicted molar refractivity (Wildman–Crippen MR) is 109 cm³/mol. The Morgan fingerprint density at radius 2 is 1.97 bits per heavy atom. The minimum atomic E-state index is -3.59. The third kappa shape index (κ3) is 4.21. The van der Waals surface area contributed by atoms with Crippen LogP contribution in [0.3, 0.4) is 0 Å². The monoisotopic (exact) mass is 417 g/mol. The van der Waals surface area contributed by atoms with Crippen molar-refractivity contribution in [2.75, 3.05) is 22.0 Å². The molecule has 0 atom stereocenters. The number of aromatic nitrogens is 3. The number of sulfonamides is 1. The maximum Gasteiger partial charge on any atom is 0.234 e. The maximum absolute atomic E-state index is 12.2. The number of nitrogens with zero attached hydrogens (tertiary/aromatic N) is 3. The van der Waals surface area contributed by atoms with E-state index >= 15 is 0 Å². The molecule has 10 heteroatoms. The molecule has 4 rings (SSSR count). The molecule has 0 spiro atoms. The molecule has 2 heterocycles. The molecular weight excluding hydrogens is 397 g/mol. The first-order valence-corrected chi connectivity index (χ1v) is 10.9. The van der Waals surface area contributed by atoms with Crippen molar-refractivity contribution < 1.29 is 17.6 Å². The van der Waals surface area contributed by atoms with E-state index in [0.29, 0.717) is 23.0 Å². The van der Waals surface area contributed by atoms with Gasteiger partial charge >= 0.3 is 0 Å². The minimum absolute atomic E-state index is 0.0448. The molecule has 152 valence electrons. The van der Waals surface area contributed by atoms with Crippen LogP contribution in [0.25, 0.3) is 22.3 Å². The molecule has 0 aliphatic heterocycles. The number of fused-ring (bicyclic) bond motifs is 1. The van der Waals surface area contributed by atoms with Crippen LogP contribution in [0.1, 0.15) is 19.3 Å². The van der Waals surface area contributed by atoms with Crippen molar-refractivity contribution in [3.8, 4) is 11.3 Å². The summed E-state index contributed by atoms with van der Waals surface area (Å²) >= 11 is 0. The standard InChI is InChI=1S/C19H20FN5O3S/c20-9-1-11-29(27,28)24-14-4-2-13(3-5-14)17-16-8-10-21-18(16)23-19(22-17)25(12-26)15-6-7-15/h2-5,8,10,12,15,24H,1,6-7,9,11H2,(H,21,22,23). The van der Waals surface area contributed by atoms with Crippen LogP contribution in [0.2, 0.25) is 0 Å². The number of amides is 1. The molecule has 0 saturated heterocycles. The van der Waals surface area contributed by atoms with E-state index in [1.54, 1.807) is 30.5 Å². The van der Waals surface area contributed by atoms with Gasteiger partial charge in [0.15, 0.2) is 0 Å². The molecule has 1 saturated carbocycles. The Morgan fingerprint density at radius 1 is 1.21 bits per heavy atom. The molecule has 3 aromatic rings. The Bertz CT molecular complexity index is 1130. The molecule has 0 unspecified atom stereocenters. The van der Waals surface area contributed by atoms with Crippen molar-refractivity contribution in [1.29, 1.82) is 0 Å². The molecule has 0 bridgehead atoms. The van der Waals surface area contributed by atoms with Gasteiger partial charge in [0.1, 0.15) is 5.65 Å². The lowest BCUT2D eigenvalue weighted by atomic mass is 10.1. The van der Waals surface area contributed by atoms with Crippen LogP contribution in [-0.2, 0) is 14.8 Å². The number of aromatic amines is 1. The van der Waals surface area contributed by atoms with Crippen LogP contribution in [0.15, 0.2) is 36.5 Å². The molecule has 1 fully saturated rings. The van der Waals surface area contributed by atoms with Gasteiger partial charge in [0.25, 0.3) is 0 Å². The van der Waals surface area contributed by atoms with Crippen molar-refractivity contribution in [2.45, 2.75) is 25.3 Å². The molecule has 1 amide bonds. The third-order valence-corrected chi connectivity index (χ3v) is 6.04. The molecule has 1 aromatic carbocycles. The summed E-state index contributed by atoms with van der Waals surface area (Å²) in [5.74, 6) is 0.0659. The van der Waals surface area contributed by atoms with Gasteiger partial charge in [-0.05, 0) is 37.5 Å². The number of carbonyl (C=O) groups is 1. The summed E-state index contributed by atoms with van der Waals surface area (Å²) in [6.07, 6.45) is 4.31. The first-order chi connectivity index (χ1) is 14.0. The number of H-pyrrole nitrogens is 1. The fourth-order valence-electron chi connectivity index (χ4n) is 3.09. The first kappa shape index (κ1) is 19.3. The SMILES string of the molecule is O=CN(c1nc(-c2ccc(NS(=O)(=O)CCCF)cc2)c2cc[nH]c2n1)C1CC1. The number of benzene rings is 1. The van der Waals surface area contributed by atoms with E-state index in [-0.39, 0.29) is 18.2 Å². The van der Waals surface area contributed by atoms with E-state index in [2.05, 4.69) is 19.7 Å². The van der Waals surface area contributed by atoms with E-state index in [1.165, 1.54) is 4.90 Å². The van der Waals surface area contributed by atoms with Crippen molar-refractivity contribution in [1.82, 2.24) is 15.0 Å². The maximum atomic E-state index is 12.2. The average molecular weight is 417 g/mol. The number of hydrogen-bond donors (Lipinski definition) is 2. The predicted octanol–water partition coefficient (Wildman–Crippen LogP) is 2.85. The van der Waals surface area contributed by atoms with Crippen molar-refractivity contribution in [3.05, 3.63) is 36.5 Å². The zero-order chi connectivity index (χ0) is 20.4. The lowest BCUT2D eigenvalue weighted by molar-refractivity contribution is -0.107. The van der Waals surface area contributed by atoms with Crippen LogP contribution in [-0.4, -0.2) is 48.2 Å². The minimum Gasteiger partial charge on any atom is -0.346 e. The van der Waals surface area contributed by atoms with Crippen molar-refractivity contribution in [3.63, 3.8) is 0 Å². The normalized spacial score (nSPS) is 14.1. The summed E-state index contributed by atoms with van der Waals surface area (Å²) in [4.78, 5) is 25.2. The molecule has 2 aromatic heterocycles. The summed E-state index contributed by atoms with van der Waals surface area (Å²) in [5, 5.41) is 0.798. The Morgan fingerprint density at radius 3 is 2.62 bits per heavy atom. The highest BCUT2D eigenvalue weighted by Crippen LogP contribution is 2.33. The van der Waals surface area contributed by atoms with Gasteiger partial charge in [0.05, 0.1) is 18.1 Å². The Kier molecular flexibility index (Phi) is 5.18. The number of nitrogens with one attached hydrogen (secondary N) is 2. The quantitative estimate of drug-likeness (QED) is 0.521. The fourth-order valence-corrected chi connectivity index (χ4v) is 4.17. The van der Waals surface area contributed by atoms with Gasteiger partial charge in [-0.15, -0.1) is 0 Å². The summed E-state index contributed by atoms with van der Waals surface area (Å²) < 4.78 is 38.5. The second-order valence-corrected chi connectivity index (χ2v) is 8.74. The highest BCUT2D eigenvalue weighted by molar-refractivity contribution is 7.92. The van der Waals surface area contributed by atoms with E-state index in [4.69, 9.17) is 0 Å². The molecular formula is C19H20FN5O3S. The van der Waals surface area contributed by atoms with Gasteiger partial charge < -0.3 is 4.98 Å². The van der Waals surface area contributed by atoms with Gasteiger partial charge in [-0.2, -0.15) is 4.98 Å². The smallest absolute Gasteiger partial charge is 0.234 e. The molecule has 8 nitrogen and oxygen atoms in total. The number of anilines is 2. The third-order valence-electron chi connectivity index (χ3n) is 4.67. The van der Waals surface area contributed by atoms with Crippen LogP contribution in [0, 0.1) is 0 Å². The largest absolute Gasteiger partial charge is 0.346 e. The Labute approximate surface area is 167 Å². The highest BCUT2D eigenvalue weighted by Gasteiger charge is 2.31. The second-order valence-electron chi connectivity index (χ2n) is 6.90. The van der Waals surface area contributed by atoms with Gasteiger partial charge in [-0.3, -0.25) is 18.8 Å². The van der Waals surface area contributed by atoms with Gasteiger partial charge in [-0.1, -0.05) is 12.1 Å². The van der Waals surface area contributed by atoms with Crippen LogP contribution in [0.4, 0.5) is 16.0 Å². The van der Waals surface area contributed by atoms with Crippen LogP contribution >= 0.6 is 0 Å². The van der Waals surface area contributed by atoms with E-state index in [9.17, 15) is 17.6 Å². The summed E-state index contributed by atoms with van der Waals surface area (Å²) in [7, 11) is -3.59. The zero-order valence-corrected chi connectivity index (χ0v) is 16.3. The zero-order valence-electron chi connectivity index (χ0n) is 15.5. The Hall–Kier alpha value is -3.01. The van der Waals surface area contributed by atoms with Crippen LogP contribution in [0.5, 0.6) is 0 Å². The van der Waals surface area contributed by atoms with Crippen molar-refractivity contribution >= 4 is 39.1 Å². The topological polar surface area (TPSA) is 108 Å². The number of hydrogen-bond acceptors (Lipinski definition) is 5. The van der Waals surface area contributed by atoms with Crippen molar-refractivity contribution in [2.24, 2.45) is 0 Å². The number of alkyl halides is 1. The second kappa shape index (κ2) is 7.78. The molecule has 29 heavy (non-hydrogen) atoms. The van der Waals surface area contributed by atoms with Gasteiger partial charge in [0, 0.05) is 28.9 Å². The summed E-state index contributed by atoms with van der Waals surface area (Å²) in [6, 6.07) is 8.72. The Balaban J connectivity index is 1.65. The number of rotatable bonds is 9. The van der Waals surface area contributed by atoms with Crippen LogP contribution < -0.4 is 9.62 Å². The highest BCUT2D eigenvalue weighted by atomic mass is 32.2. The average Bonchev–Trinajstić information content (AvgIpc) is 3.42. The lowest BCUT2D eigenvalue weighted by Crippen LogP contribution is -2.25. The number of halogens is 1.